The average Bonchev–Trinajstić information content (AvgIpc) is 2.39. The Morgan fingerprint density at radius 1 is 1.24 bits per heavy atom. The van der Waals surface area contributed by atoms with E-state index in [0.29, 0.717) is 18.4 Å². The molecule has 1 N–H and O–H groups in total. The predicted octanol–water partition coefficient (Wildman–Crippen LogP) is 4.21. The van der Waals surface area contributed by atoms with E-state index in [-0.39, 0.29) is 11.2 Å². The maximum atomic E-state index is 12.1. The van der Waals surface area contributed by atoms with E-state index in [0.717, 1.165) is 12.8 Å². The smallest absolute Gasteiger partial charge is 0.387 e. The van der Waals surface area contributed by atoms with Crippen molar-refractivity contribution in [2.45, 2.75) is 51.6 Å². The summed E-state index contributed by atoms with van der Waals surface area (Å²) in [6.45, 7) is 1.28. The highest BCUT2D eigenvalue weighted by Crippen LogP contribution is 2.59. The zero-order valence-corrected chi connectivity index (χ0v) is 12.2. The maximum Gasteiger partial charge on any atom is 0.387 e. The molecule has 0 radical (unpaired) electrons. The number of aliphatic carboxylic acids is 1. The zero-order chi connectivity index (χ0) is 15.7. The van der Waals surface area contributed by atoms with Crippen LogP contribution >= 0.6 is 0 Å². The molecule has 0 aromatic heterocycles. The highest BCUT2D eigenvalue weighted by atomic mass is 19.3. The molecule has 1 aliphatic carbocycles. The molecular formula is C16H20F2O3. The molecule has 1 aromatic carbocycles. The Bertz CT molecular complexity index is 499. The lowest BCUT2D eigenvalue weighted by Crippen LogP contribution is -2.54. The fourth-order valence-corrected chi connectivity index (χ4v) is 3.41. The fourth-order valence-electron chi connectivity index (χ4n) is 3.41. The minimum absolute atomic E-state index is 0.0471. The molecule has 0 amide bonds. The van der Waals surface area contributed by atoms with Crippen molar-refractivity contribution in [3.05, 3.63) is 29.8 Å². The van der Waals surface area contributed by atoms with Gasteiger partial charge in [-0.1, -0.05) is 38.8 Å². The van der Waals surface area contributed by atoms with Gasteiger partial charge in [-0.25, -0.2) is 0 Å². The maximum absolute atomic E-state index is 12.1. The van der Waals surface area contributed by atoms with E-state index >= 15 is 0 Å². The van der Waals surface area contributed by atoms with Crippen molar-refractivity contribution >= 4 is 5.97 Å². The van der Waals surface area contributed by atoms with Gasteiger partial charge in [-0.3, -0.25) is 4.79 Å². The van der Waals surface area contributed by atoms with Crippen LogP contribution in [-0.4, -0.2) is 17.7 Å². The van der Waals surface area contributed by atoms with E-state index in [1.807, 2.05) is 0 Å². The van der Waals surface area contributed by atoms with Crippen LogP contribution in [0.2, 0.25) is 0 Å². The highest BCUT2D eigenvalue weighted by Gasteiger charge is 2.58. The van der Waals surface area contributed by atoms with Crippen molar-refractivity contribution in [1.82, 2.24) is 0 Å². The predicted molar refractivity (Wildman–Crippen MR) is 74.6 cm³/mol. The van der Waals surface area contributed by atoms with E-state index in [4.69, 9.17) is 0 Å². The van der Waals surface area contributed by atoms with Gasteiger partial charge in [0, 0.05) is 0 Å². The molecule has 0 atom stereocenters. The van der Waals surface area contributed by atoms with E-state index in [9.17, 15) is 18.7 Å². The van der Waals surface area contributed by atoms with Crippen LogP contribution in [-0.2, 0) is 10.2 Å². The summed E-state index contributed by atoms with van der Waals surface area (Å²) < 4.78 is 28.6. The SMILES string of the molecule is CCC1(CC)CC(C(=O)O)(c2ccc(OC(F)F)cc2)C1. The number of hydrogen-bond donors (Lipinski definition) is 1. The quantitative estimate of drug-likeness (QED) is 0.855. The Labute approximate surface area is 122 Å². The molecular weight excluding hydrogens is 278 g/mol. The number of halogens is 2. The lowest BCUT2D eigenvalue weighted by atomic mass is 9.48. The lowest BCUT2D eigenvalue weighted by molar-refractivity contribution is -0.155. The van der Waals surface area contributed by atoms with Crippen LogP contribution in [0.4, 0.5) is 8.78 Å². The Morgan fingerprint density at radius 2 is 1.76 bits per heavy atom. The highest BCUT2D eigenvalue weighted by molar-refractivity contribution is 5.83. The Morgan fingerprint density at radius 3 is 2.14 bits per heavy atom. The van der Waals surface area contributed by atoms with Gasteiger partial charge < -0.3 is 9.84 Å². The third-order valence-electron chi connectivity index (χ3n) is 4.90. The Balaban J connectivity index is 2.23. The van der Waals surface area contributed by atoms with Crippen molar-refractivity contribution in [2.75, 3.05) is 0 Å². The second-order valence-electron chi connectivity index (χ2n) is 5.85. The first-order valence-electron chi connectivity index (χ1n) is 7.16. The second kappa shape index (κ2) is 5.62. The third kappa shape index (κ3) is 2.74. The van der Waals surface area contributed by atoms with Gasteiger partial charge >= 0.3 is 12.6 Å². The van der Waals surface area contributed by atoms with Crippen molar-refractivity contribution in [1.29, 1.82) is 0 Å². The standard InChI is InChI=1S/C16H20F2O3/c1-3-15(4-2)9-16(10-15,13(19)20)11-5-7-12(8-6-11)21-14(17)18/h5-8,14H,3-4,9-10H2,1-2H3,(H,19,20). The summed E-state index contributed by atoms with van der Waals surface area (Å²) in [5.41, 5.74) is -0.152. The first-order valence-corrected chi connectivity index (χ1v) is 7.16. The van der Waals surface area contributed by atoms with Gasteiger partial charge in [0.2, 0.25) is 0 Å². The van der Waals surface area contributed by atoms with Crippen LogP contribution in [0.1, 0.15) is 45.1 Å². The van der Waals surface area contributed by atoms with Crippen LogP contribution in [0.3, 0.4) is 0 Å². The fraction of sp³-hybridized carbons (Fsp3) is 0.562. The van der Waals surface area contributed by atoms with Crippen molar-refractivity contribution in [2.24, 2.45) is 5.41 Å². The van der Waals surface area contributed by atoms with Crippen LogP contribution in [0.15, 0.2) is 24.3 Å². The number of alkyl halides is 2. The molecule has 1 aromatic rings. The lowest BCUT2D eigenvalue weighted by Gasteiger charge is -2.54. The van der Waals surface area contributed by atoms with Crippen LogP contribution in [0.25, 0.3) is 0 Å². The molecule has 0 unspecified atom stereocenters. The number of benzene rings is 1. The van der Waals surface area contributed by atoms with Crippen LogP contribution in [0.5, 0.6) is 5.75 Å². The molecule has 1 saturated carbocycles. The summed E-state index contributed by atoms with van der Waals surface area (Å²) in [4.78, 5) is 11.7. The second-order valence-corrected chi connectivity index (χ2v) is 5.85. The first kappa shape index (κ1) is 15.7. The normalized spacial score (nSPS) is 19.1. The molecule has 0 bridgehead atoms. The number of hydrogen-bond acceptors (Lipinski definition) is 2. The van der Waals surface area contributed by atoms with Gasteiger partial charge in [-0.05, 0) is 36.0 Å². The summed E-state index contributed by atoms with van der Waals surface area (Å²) in [6.07, 6.45) is 3.09. The molecule has 21 heavy (non-hydrogen) atoms. The Hall–Kier alpha value is -1.65. The average molecular weight is 298 g/mol. The third-order valence-corrected chi connectivity index (χ3v) is 4.90. The van der Waals surface area contributed by atoms with Crippen molar-refractivity contribution < 1.29 is 23.4 Å². The van der Waals surface area contributed by atoms with E-state index in [1.54, 1.807) is 12.1 Å². The van der Waals surface area contributed by atoms with Gasteiger partial charge in [0.25, 0.3) is 0 Å². The molecule has 3 nitrogen and oxygen atoms in total. The molecule has 116 valence electrons. The van der Waals surface area contributed by atoms with Gasteiger partial charge in [0.15, 0.2) is 0 Å². The molecule has 0 heterocycles. The number of carboxylic acid groups (broad SMARTS) is 1. The summed E-state index contributed by atoms with van der Waals surface area (Å²) in [7, 11) is 0. The van der Waals surface area contributed by atoms with Crippen LogP contribution in [0, 0.1) is 5.41 Å². The Kier molecular flexibility index (Phi) is 4.21. The summed E-state index contributed by atoms with van der Waals surface area (Å²) >= 11 is 0. The number of rotatable bonds is 6. The number of carboxylic acids is 1. The van der Waals surface area contributed by atoms with E-state index in [2.05, 4.69) is 18.6 Å². The minimum atomic E-state index is -2.87. The zero-order valence-electron chi connectivity index (χ0n) is 12.2. The van der Waals surface area contributed by atoms with Crippen molar-refractivity contribution in [3.8, 4) is 5.75 Å². The van der Waals surface area contributed by atoms with Gasteiger partial charge in [0.05, 0.1) is 5.41 Å². The molecule has 1 aliphatic rings. The molecule has 1 fully saturated rings. The van der Waals surface area contributed by atoms with E-state index in [1.165, 1.54) is 12.1 Å². The molecule has 5 heteroatoms. The van der Waals surface area contributed by atoms with E-state index < -0.39 is 18.0 Å². The molecule has 0 saturated heterocycles. The molecule has 0 aliphatic heterocycles. The summed E-state index contributed by atoms with van der Waals surface area (Å²) in [5.74, 6) is -0.798. The monoisotopic (exact) mass is 298 g/mol. The number of carbonyl (C=O) groups is 1. The number of ether oxygens (including phenoxy) is 1. The van der Waals surface area contributed by atoms with Gasteiger partial charge in [-0.2, -0.15) is 8.78 Å². The summed E-state index contributed by atoms with van der Waals surface area (Å²) in [5, 5.41) is 9.62. The van der Waals surface area contributed by atoms with Crippen molar-refractivity contribution in [3.63, 3.8) is 0 Å². The van der Waals surface area contributed by atoms with Gasteiger partial charge in [-0.15, -0.1) is 0 Å². The largest absolute Gasteiger partial charge is 0.481 e. The molecule has 2 rings (SSSR count). The topological polar surface area (TPSA) is 46.5 Å². The van der Waals surface area contributed by atoms with Crippen LogP contribution < -0.4 is 4.74 Å². The van der Waals surface area contributed by atoms with Gasteiger partial charge in [0.1, 0.15) is 5.75 Å². The summed E-state index contributed by atoms with van der Waals surface area (Å²) in [6, 6.07) is 5.98. The molecule has 0 spiro atoms. The minimum Gasteiger partial charge on any atom is -0.481 e. The first-order chi connectivity index (χ1) is 9.87.